The molecule has 19 heavy (non-hydrogen) atoms. The van der Waals surface area contributed by atoms with Gasteiger partial charge in [0.2, 0.25) is 5.95 Å². The Morgan fingerprint density at radius 3 is 2.79 bits per heavy atom. The minimum absolute atomic E-state index is 0.235. The lowest BCUT2D eigenvalue weighted by Gasteiger charge is -2.19. The zero-order valence-corrected chi connectivity index (χ0v) is 11.4. The minimum Gasteiger partial charge on any atom is -0.357 e. The van der Waals surface area contributed by atoms with Crippen molar-refractivity contribution in [1.29, 1.82) is 0 Å². The Morgan fingerprint density at radius 2 is 2.11 bits per heavy atom. The molecule has 0 amide bonds. The van der Waals surface area contributed by atoms with Crippen LogP contribution in [0.5, 0.6) is 0 Å². The van der Waals surface area contributed by atoms with Gasteiger partial charge in [-0.05, 0) is 11.6 Å². The van der Waals surface area contributed by atoms with Gasteiger partial charge in [0, 0.05) is 25.7 Å². The molecular weight excluding hydrogens is 267 g/mol. The summed E-state index contributed by atoms with van der Waals surface area (Å²) in [5, 5.41) is 3.43. The summed E-state index contributed by atoms with van der Waals surface area (Å²) >= 11 is 6.09. The van der Waals surface area contributed by atoms with Gasteiger partial charge in [-0.1, -0.05) is 29.8 Å². The van der Waals surface area contributed by atoms with E-state index in [9.17, 15) is 4.39 Å². The summed E-state index contributed by atoms with van der Waals surface area (Å²) in [6, 6.07) is 7.46. The molecule has 1 heterocycles. The van der Waals surface area contributed by atoms with E-state index in [0.717, 1.165) is 11.8 Å². The molecule has 0 radical (unpaired) electrons. The molecule has 0 aliphatic carbocycles. The largest absolute Gasteiger partial charge is 0.357 e. The average molecular weight is 281 g/mol. The Kier molecular flexibility index (Phi) is 4.16. The van der Waals surface area contributed by atoms with E-state index in [0.29, 0.717) is 17.5 Å². The fourth-order valence-electron chi connectivity index (χ4n) is 1.70. The molecule has 0 spiro atoms. The van der Waals surface area contributed by atoms with Crippen LogP contribution in [0.1, 0.15) is 5.56 Å². The summed E-state index contributed by atoms with van der Waals surface area (Å²) in [7, 11) is 3.44. The molecule has 0 fully saturated rings. The van der Waals surface area contributed by atoms with Crippen LogP contribution in [0.3, 0.4) is 0 Å². The van der Waals surface area contributed by atoms with Gasteiger partial charge in [0.05, 0.1) is 6.20 Å². The van der Waals surface area contributed by atoms with Gasteiger partial charge < -0.3 is 10.2 Å². The molecule has 1 N–H and O–H groups in total. The van der Waals surface area contributed by atoms with Crippen molar-refractivity contribution in [3.8, 4) is 0 Å². The van der Waals surface area contributed by atoms with Crippen LogP contribution in [0.4, 0.5) is 16.2 Å². The van der Waals surface area contributed by atoms with Crippen LogP contribution in [0.25, 0.3) is 0 Å². The Labute approximate surface area is 116 Å². The van der Waals surface area contributed by atoms with E-state index >= 15 is 0 Å². The molecule has 1 aromatic heterocycles. The summed E-state index contributed by atoms with van der Waals surface area (Å²) in [4.78, 5) is 9.61. The molecule has 6 heteroatoms. The van der Waals surface area contributed by atoms with Crippen LogP contribution in [-0.2, 0) is 6.54 Å². The van der Waals surface area contributed by atoms with Crippen molar-refractivity contribution in [2.75, 3.05) is 24.3 Å². The molecular formula is C13H14ClFN4. The highest BCUT2D eigenvalue weighted by Gasteiger charge is 2.12. The topological polar surface area (TPSA) is 41.1 Å². The summed E-state index contributed by atoms with van der Waals surface area (Å²) in [6.07, 6.45) is 1.15. The van der Waals surface area contributed by atoms with E-state index in [1.54, 1.807) is 25.1 Å². The molecule has 0 unspecified atom stereocenters. The van der Waals surface area contributed by atoms with Gasteiger partial charge in [-0.2, -0.15) is 4.98 Å². The Balaban J connectivity index is 2.25. The second-order valence-corrected chi connectivity index (χ2v) is 4.47. The van der Waals surface area contributed by atoms with Crippen LogP contribution < -0.4 is 10.2 Å². The number of benzene rings is 1. The SMILES string of the molecule is CNc1ncc(F)c(N(C)Cc2ccccc2Cl)n1. The van der Waals surface area contributed by atoms with E-state index in [1.165, 1.54) is 0 Å². The van der Waals surface area contributed by atoms with Gasteiger partial charge in [0.1, 0.15) is 0 Å². The number of halogens is 2. The first-order chi connectivity index (χ1) is 9.11. The van der Waals surface area contributed by atoms with Gasteiger partial charge in [0.15, 0.2) is 11.6 Å². The van der Waals surface area contributed by atoms with E-state index < -0.39 is 5.82 Å². The van der Waals surface area contributed by atoms with Crippen molar-refractivity contribution >= 4 is 23.4 Å². The molecule has 2 rings (SSSR count). The third-order valence-corrected chi connectivity index (χ3v) is 3.04. The highest BCUT2D eigenvalue weighted by molar-refractivity contribution is 6.31. The number of aromatic nitrogens is 2. The maximum absolute atomic E-state index is 13.7. The summed E-state index contributed by atoms with van der Waals surface area (Å²) in [6.45, 7) is 0.469. The normalized spacial score (nSPS) is 10.3. The fraction of sp³-hybridized carbons (Fsp3) is 0.231. The molecule has 0 saturated carbocycles. The van der Waals surface area contributed by atoms with Gasteiger partial charge in [-0.25, -0.2) is 9.37 Å². The highest BCUT2D eigenvalue weighted by atomic mass is 35.5. The summed E-state index contributed by atoms with van der Waals surface area (Å²) < 4.78 is 13.7. The lowest BCUT2D eigenvalue weighted by Crippen LogP contribution is -2.20. The van der Waals surface area contributed by atoms with Crippen LogP contribution in [0.15, 0.2) is 30.5 Å². The monoisotopic (exact) mass is 280 g/mol. The third kappa shape index (κ3) is 3.12. The van der Waals surface area contributed by atoms with Crippen LogP contribution in [-0.4, -0.2) is 24.1 Å². The molecule has 4 nitrogen and oxygen atoms in total. The summed E-state index contributed by atoms with van der Waals surface area (Å²) in [5.41, 5.74) is 0.913. The maximum Gasteiger partial charge on any atom is 0.224 e. The molecule has 0 atom stereocenters. The molecule has 2 aromatic rings. The van der Waals surface area contributed by atoms with Gasteiger partial charge in [0.25, 0.3) is 0 Å². The van der Waals surface area contributed by atoms with Crippen molar-refractivity contribution in [2.24, 2.45) is 0 Å². The second-order valence-electron chi connectivity index (χ2n) is 4.06. The lowest BCUT2D eigenvalue weighted by molar-refractivity contribution is 0.608. The number of anilines is 2. The molecule has 1 aromatic carbocycles. The predicted octanol–water partition coefficient (Wildman–Crippen LogP) is 2.95. The Hall–Kier alpha value is -1.88. The van der Waals surface area contributed by atoms with E-state index in [1.807, 2.05) is 18.2 Å². The Bertz CT molecular complexity index is 576. The first-order valence-electron chi connectivity index (χ1n) is 5.76. The minimum atomic E-state index is -0.464. The van der Waals surface area contributed by atoms with Crippen LogP contribution >= 0.6 is 11.6 Å². The quantitative estimate of drug-likeness (QED) is 0.935. The number of hydrogen-bond acceptors (Lipinski definition) is 4. The van der Waals surface area contributed by atoms with E-state index in [-0.39, 0.29) is 5.82 Å². The van der Waals surface area contributed by atoms with Crippen LogP contribution in [0, 0.1) is 5.82 Å². The number of hydrogen-bond donors (Lipinski definition) is 1. The molecule has 0 bridgehead atoms. The van der Waals surface area contributed by atoms with Gasteiger partial charge in [-0.3, -0.25) is 0 Å². The van der Waals surface area contributed by atoms with Crippen LogP contribution in [0.2, 0.25) is 5.02 Å². The number of nitrogens with one attached hydrogen (secondary N) is 1. The lowest BCUT2D eigenvalue weighted by atomic mass is 10.2. The molecule has 100 valence electrons. The zero-order chi connectivity index (χ0) is 13.8. The van der Waals surface area contributed by atoms with Gasteiger partial charge >= 0.3 is 0 Å². The number of nitrogens with zero attached hydrogens (tertiary/aromatic N) is 3. The second kappa shape index (κ2) is 5.84. The zero-order valence-electron chi connectivity index (χ0n) is 10.7. The third-order valence-electron chi connectivity index (χ3n) is 2.68. The van der Waals surface area contributed by atoms with Crippen molar-refractivity contribution in [2.45, 2.75) is 6.54 Å². The van der Waals surface area contributed by atoms with Crippen molar-refractivity contribution in [3.63, 3.8) is 0 Å². The van der Waals surface area contributed by atoms with Crippen molar-refractivity contribution in [1.82, 2.24) is 9.97 Å². The van der Waals surface area contributed by atoms with Crippen molar-refractivity contribution in [3.05, 3.63) is 46.9 Å². The van der Waals surface area contributed by atoms with Gasteiger partial charge in [-0.15, -0.1) is 0 Å². The maximum atomic E-state index is 13.7. The summed E-state index contributed by atoms with van der Waals surface area (Å²) in [5.74, 6) is 0.148. The number of rotatable bonds is 4. The molecule has 0 aliphatic heterocycles. The smallest absolute Gasteiger partial charge is 0.224 e. The fourth-order valence-corrected chi connectivity index (χ4v) is 1.90. The highest BCUT2D eigenvalue weighted by Crippen LogP contribution is 2.21. The molecule has 0 aliphatic rings. The Morgan fingerprint density at radius 1 is 1.37 bits per heavy atom. The predicted molar refractivity (Wildman–Crippen MR) is 75.1 cm³/mol. The average Bonchev–Trinajstić information content (AvgIpc) is 2.42. The first kappa shape index (κ1) is 13.5. The standard InChI is InChI=1S/C13H14ClFN4/c1-16-13-17-7-11(15)12(18-13)19(2)8-9-5-3-4-6-10(9)14/h3-7H,8H2,1-2H3,(H,16,17,18). The first-order valence-corrected chi connectivity index (χ1v) is 6.14. The van der Waals surface area contributed by atoms with E-state index in [4.69, 9.17) is 11.6 Å². The van der Waals surface area contributed by atoms with E-state index in [2.05, 4.69) is 15.3 Å². The van der Waals surface area contributed by atoms with Crippen molar-refractivity contribution < 1.29 is 4.39 Å². The molecule has 0 saturated heterocycles.